The van der Waals surface area contributed by atoms with Gasteiger partial charge in [0.2, 0.25) is 0 Å². The predicted molar refractivity (Wildman–Crippen MR) is 73.5 cm³/mol. The van der Waals surface area contributed by atoms with Crippen molar-refractivity contribution in [2.75, 3.05) is 0 Å². The molecular weight excluding hydrogens is 210 g/mol. The summed E-state index contributed by atoms with van der Waals surface area (Å²) in [6, 6.07) is 0.514. The number of hydrogen-bond donors (Lipinski definition) is 1. The van der Waals surface area contributed by atoms with E-state index in [1.165, 1.54) is 24.0 Å². The third kappa shape index (κ3) is 3.12. The number of nitrogens with one attached hydrogen (secondary N) is 1. The highest BCUT2D eigenvalue weighted by molar-refractivity contribution is 5.34. The van der Waals surface area contributed by atoms with E-state index in [1.54, 1.807) is 0 Å². The zero-order valence-corrected chi connectivity index (χ0v) is 12.4. The van der Waals surface area contributed by atoms with Crippen LogP contribution in [0.15, 0.2) is 4.42 Å². The zero-order chi connectivity index (χ0) is 13.2. The first-order valence-corrected chi connectivity index (χ1v) is 6.64. The number of furan rings is 1. The molecular formula is C15H27NO. The summed E-state index contributed by atoms with van der Waals surface area (Å²) in [5.41, 5.74) is 2.46. The van der Waals surface area contributed by atoms with Gasteiger partial charge in [-0.15, -0.1) is 0 Å². The summed E-state index contributed by atoms with van der Waals surface area (Å²) in [7, 11) is 0. The second-order valence-electron chi connectivity index (χ2n) is 5.70. The molecule has 1 unspecified atom stereocenters. The van der Waals surface area contributed by atoms with Crippen LogP contribution in [0.4, 0.5) is 0 Å². The first-order chi connectivity index (χ1) is 7.79. The van der Waals surface area contributed by atoms with Crippen molar-refractivity contribution in [3.05, 3.63) is 22.6 Å². The van der Waals surface area contributed by atoms with Crippen molar-refractivity contribution < 1.29 is 4.42 Å². The fourth-order valence-electron chi connectivity index (χ4n) is 2.52. The third-order valence-corrected chi connectivity index (χ3v) is 3.58. The molecule has 2 heteroatoms. The van der Waals surface area contributed by atoms with E-state index in [9.17, 15) is 0 Å². The Balaban J connectivity index is 2.92. The fourth-order valence-corrected chi connectivity index (χ4v) is 2.52. The minimum absolute atomic E-state index is 0.0995. The second kappa shape index (κ2) is 5.26. The molecule has 98 valence electrons. The van der Waals surface area contributed by atoms with E-state index in [-0.39, 0.29) is 5.54 Å². The number of hydrogen-bond acceptors (Lipinski definition) is 2. The van der Waals surface area contributed by atoms with Gasteiger partial charge in [0, 0.05) is 6.04 Å². The molecule has 0 bridgehead atoms. The van der Waals surface area contributed by atoms with Gasteiger partial charge in [-0.3, -0.25) is 0 Å². The Bertz CT molecular complexity index is 377. The second-order valence-corrected chi connectivity index (χ2v) is 5.70. The molecule has 0 amide bonds. The van der Waals surface area contributed by atoms with Crippen molar-refractivity contribution in [3.8, 4) is 0 Å². The Labute approximate surface area is 106 Å². The SMILES string of the molecule is CCCC(C)NC(C)(C)c1oc(C)c(C)c1C. The molecule has 1 atom stereocenters. The maximum absolute atomic E-state index is 5.93. The normalized spacial score (nSPS) is 14.1. The molecule has 1 N–H and O–H groups in total. The van der Waals surface area contributed by atoms with Crippen LogP contribution in [-0.4, -0.2) is 6.04 Å². The van der Waals surface area contributed by atoms with E-state index in [0.717, 1.165) is 11.5 Å². The Morgan fingerprint density at radius 1 is 1.18 bits per heavy atom. The lowest BCUT2D eigenvalue weighted by atomic mass is 9.95. The molecule has 17 heavy (non-hydrogen) atoms. The summed E-state index contributed by atoms with van der Waals surface area (Å²) in [6.45, 7) is 15.2. The smallest absolute Gasteiger partial charge is 0.126 e. The van der Waals surface area contributed by atoms with Gasteiger partial charge >= 0.3 is 0 Å². The topological polar surface area (TPSA) is 25.2 Å². The van der Waals surface area contributed by atoms with Crippen LogP contribution in [0.1, 0.15) is 63.2 Å². The van der Waals surface area contributed by atoms with Crippen LogP contribution in [0.3, 0.4) is 0 Å². The number of rotatable bonds is 5. The lowest BCUT2D eigenvalue weighted by Crippen LogP contribution is -2.42. The predicted octanol–water partition coefficient (Wildman–Crippen LogP) is 4.22. The summed E-state index contributed by atoms with van der Waals surface area (Å²) < 4.78 is 5.93. The molecule has 0 radical (unpaired) electrons. The molecule has 2 nitrogen and oxygen atoms in total. The highest BCUT2D eigenvalue weighted by Crippen LogP contribution is 2.30. The van der Waals surface area contributed by atoms with Crippen LogP contribution >= 0.6 is 0 Å². The Hall–Kier alpha value is -0.760. The average Bonchev–Trinajstić information content (AvgIpc) is 2.46. The minimum atomic E-state index is -0.0995. The molecule has 0 aliphatic rings. The van der Waals surface area contributed by atoms with E-state index in [1.807, 2.05) is 6.92 Å². The molecule has 0 aliphatic heterocycles. The molecule has 0 spiro atoms. The maximum Gasteiger partial charge on any atom is 0.126 e. The maximum atomic E-state index is 5.93. The van der Waals surface area contributed by atoms with Gasteiger partial charge in [0.15, 0.2) is 0 Å². The third-order valence-electron chi connectivity index (χ3n) is 3.58. The summed E-state index contributed by atoms with van der Waals surface area (Å²) >= 11 is 0. The summed E-state index contributed by atoms with van der Waals surface area (Å²) in [5.74, 6) is 2.12. The summed E-state index contributed by atoms with van der Waals surface area (Å²) in [4.78, 5) is 0. The van der Waals surface area contributed by atoms with Crippen LogP contribution in [0, 0.1) is 20.8 Å². The van der Waals surface area contributed by atoms with Crippen LogP contribution in [-0.2, 0) is 5.54 Å². The van der Waals surface area contributed by atoms with Crippen molar-refractivity contribution in [2.45, 2.75) is 72.9 Å². The Kier molecular flexibility index (Phi) is 4.42. The standard InChI is InChI=1S/C15H27NO/c1-8-9-10(2)16-15(6,7)14-12(4)11(3)13(5)17-14/h10,16H,8-9H2,1-7H3. The molecule has 1 rings (SSSR count). The van der Waals surface area contributed by atoms with Gasteiger partial charge in [0.1, 0.15) is 11.5 Å². The van der Waals surface area contributed by atoms with Crippen molar-refractivity contribution in [3.63, 3.8) is 0 Å². The molecule has 1 aromatic heterocycles. The van der Waals surface area contributed by atoms with E-state index in [4.69, 9.17) is 4.42 Å². The van der Waals surface area contributed by atoms with E-state index in [2.05, 4.69) is 46.9 Å². The lowest BCUT2D eigenvalue weighted by molar-refractivity contribution is 0.278. The molecule has 0 aromatic carbocycles. The van der Waals surface area contributed by atoms with Crippen LogP contribution in [0.5, 0.6) is 0 Å². The van der Waals surface area contributed by atoms with Gasteiger partial charge in [-0.05, 0) is 59.1 Å². The van der Waals surface area contributed by atoms with Gasteiger partial charge < -0.3 is 9.73 Å². The Morgan fingerprint density at radius 2 is 1.76 bits per heavy atom. The van der Waals surface area contributed by atoms with Gasteiger partial charge in [0.25, 0.3) is 0 Å². The summed E-state index contributed by atoms with van der Waals surface area (Å²) in [5, 5.41) is 3.66. The zero-order valence-electron chi connectivity index (χ0n) is 12.4. The van der Waals surface area contributed by atoms with Crippen molar-refractivity contribution >= 4 is 0 Å². The highest BCUT2D eigenvalue weighted by Gasteiger charge is 2.29. The van der Waals surface area contributed by atoms with E-state index >= 15 is 0 Å². The van der Waals surface area contributed by atoms with Gasteiger partial charge in [-0.25, -0.2) is 0 Å². The molecule has 1 aromatic rings. The molecule has 0 fully saturated rings. The van der Waals surface area contributed by atoms with Crippen LogP contribution in [0.25, 0.3) is 0 Å². The van der Waals surface area contributed by atoms with Crippen LogP contribution < -0.4 is 5.32 Å². The fraction of sp³-hybridized carbons (Fsp3) is 0.733. The molecule has 0 aliphatic carbocycles. The lowest BCUT2D eigenvalue weighted by Gasteiger charge is -2.29. The van der Waals surface area contributed by atoms with Gasteiger partial charge in [-0.1, -0.05) is 13.3 Å². The van der Waals surface area contributed by atoms with Crippen molar-refractivity contribution in [1.29, 1.82) is 0 Å². The highest BCUT2D eigenvalue weighted by atomic mass is 16.3. The summed E-state index contributed by atoms with van der Waals surface area (Å²) in [6.07, 6.45) is 2.40. The van der Waals surface area contributed by atoms with Gasteiger partial charge in [0.05, 0.1) is 5.54 Å². The first-order valence-electron chi connectivity index (χ1n) is 6.64. The largest absolute Gasteiger partial charge is 0.464 e. The monoisotopic (exact) mass is 237 g/mol. The van der Waals surface area contributed by atoms with E-state index < -0.39 is 0 Å². The quantitative estimate of drug-likeness (QED) is 0.829. The first kappa shape index (κ1) is 14.3. The van der Waals surface area contributed by atoms with E-state index in [0.29, 0.717) is 6.04 Å². The van der Waals surface area contributed by atoms with Crippen molar-refractivity contribution in [1.82, 2.24) is 5.32 Å². The Morgan fingerprint density at radius 3 is 2.18 bits per heavy atom. The molecule has 0 saturated carbocycles. The number of aryl methyl sites for hydroxylation is 1. The molecule has 1 heterocycles. The van der Waals surface area contributed by atoms with Crippen molar-refractivity contribution in [2.24, 2.45) is 0 Å². The average molecular weight is 237 g/mol. The van der Waals surface area contributed by atoms with Crippen LogP contribution in [0.2, 0.25) is 0 Å². The molecule has 0 saturated heterocycles. The van der Waals surface area contributed by atoms with Gasteiger partial charge in [-0.2, -0.15) is 0 Å². The minimum Gasteiger partial charge on any atom is -0.464 e.